The van der Waals surface area contributed by atoms with Crippen LogP contribution in [0.25, 0.3) is 10.9 Å². The molecular weight excluding hydrogens is 408 g/mol. The molecule has 0 unspecified atom stereocenters. The fourth-order valence-electron chi connectivity index (χ4n) is 3.66. The summed E-state index contributed by atoms with van der Waals surface area (Å²) in [6, 6.07) is 14.2. The van der Waals surface area contributed by atoms with Crippen LogP contribution in [0.3, 0.4) is 0 Å². The van der Waals surface area contributed by atoms with Gasteiger partial charge in [0.05, 0.1) is 16.8 Å². The van der Waals surface area contributed by atoms with Crippen molar-refractivity contribution in [2.75, 3.05) is 0 Å². The van der Waals surface area contributed by atoms with Gasteiger partial charge in [-0.15, -0.1) is 0 Å². The number of ether oxygens (including phenoxy) is 2. The summed E-state index contributed by atoms with van der Waals surface area (Å²) in [5.41, 5.74) is 4.09. The molecule has 164 valence electrons. The zero-order valence-corrected chi connectivity index (χ0v) is 18.4. The van der Waals surface area contributed by atoms with Gasteiger partial charge in [-0.25, -0.2) is 4.79 Å². The molecule has 2 heterocycles. The number of aromatic amines is 1. The molecule has 2 aromatic carbocycles. The van der Waals surface area contributed by atoms with Gasteiger partial charge in [0, 0.05) is 22.2 Å². The van der Waals surface area contributed by atoms with E-state index in [9.17, 15) is 9.59 Å². The van der Waals surface area contributed by atoms with E-state index in [1.54, 1.807) is 31.2 Å². The molecule has 4 aromatic rings. The molecule has 0 amide bonds. The monoisotopic (exact) mass is 432 g/mol. The van der Waals surface area contributed by atoms with Gasteiger partial charge >= 0.3 is 5.97 Å². The van der Waals surface area contributed by atoms with Crippen LogP contribution in [0.4, 0.5) is 0 Å². The minimum atomic E-state index is -0.938. The van der Waals surface area contributed by atoms with E-state index in [1.807, 2.05) is 45.0 Å². The van der Waals surface area contributed by atoms with E-state index in [2.05, 4.69) is 10.1 Å². The van der Waals surface area contributed by atoms with Gasteiger partial charge in [0.15, 0.2) is 6.10 Å². The number of esters is 1. The van der Waals surface area contributed by atoms with E-state index < -0.39 is 12.1 Å². The van der Waals surface area contributed by atoms with E-state index in [-0.39, 0.29) is 12.4 Å². The third-order valence-electron chi connectivity index (χ3n) is 5.43. The Morgan fingerprint density at radius 3 is 2.62 bits per heavy atom. The third kappa shape index (κ3) is 4.14. The minimum absolute atomic E-state index is 0.251. The van der Waals surface area contributed by atoms with Crippen molar-refractivity contribution in [3.63, 3.8) is 0 Å². The molecule has 32 heavy (non-hydrogen) atoms. The number of Topliss-reactive ketones (excluding diaryl/α,β-unsaturated/α-hetero) is 1. The summed E-state index contributed by atoms with van der Waals surface area (Å²) < 4.78 is 16.4. The number of nitrogens with one attached hydrogen (secondary N) is 1. The highest BCUT2D eigenvalue weighted by atomic mass is 16.5. The number of nitrogens with zero attached hydrogens (tertiary/aromatic N) is 1. The molecule has 1 N–H and O–H groups in total. The highest BCUT2D eigenvalue weighted by molar-refractivity contribution is 6.11. The van der Waals surface area contributed by atoms with Crippen molar-refractivity contribution in [1.29, 1.82) is 0 Å². The van der Waals surface area contributed by atoms with E-state index in [0.29, 0.717) is 22.6 Å². The molecule has 0 bridgehead atoms. The lowest BCUT2D eigenvalue weighted by Gasteiger charge is -2.13. The number of aromatic nitrogens is 2. The topological polar surface area (TPSA) is 94.4 Å². The molecule has 0 spiro atoms. The Hall–Kier alpha value is -3.87. The lowest BCUT2D eigenvalue weighted by atomic mass is 10.0. The molecule has 0 saturated carbocycles. The molecular formula is C25H24N2O5. The first-order valence-corrected chi connectivity index (χ1v) is 10.3. The van der Waals surface area contributed by atoms with Crippen LogP contribution in [0, 0.1) is 20.8 Å². The number of carbonyl (C=O) groups excluding carboxylic acids is 2. The highest BCUT2D eigenvalue weighted by Gasteiger charge is 2.25. The summed E-state index contributed by atoms with van der Waals surface area (Å²) >= 11 is 0. The van der Waals surface area contributed by atoms with Crippen molar-refractivity contribution in [2.45, 2.75) is 40.4 Å². The smallest absolute Gasteiger partial charge is 0.338 e. The number of rotatable bonds is 7. The fourth-order valence-corrected chi connectivity index (χ4v) is 3.66. The van der Waals surface area contributed by atoms with Crippen LogP contribution in [-0.4, -0.2) is 28.0 Å². The number of aryl methyl sites for hydroxylation is 3. The van der Waals surface area contributed by atoms with Crippen LogP contribution in [0.15, 0.2) is 53.1 Å². The average molecular weight is 432 g/mol. The quantitative estimate of drug-likeness (QED) is 0.323. The maximum Gasteiger partial charge on any atom is 0.338 e. The van der Waals surface area contributed by atoms with Crippen LogP contribution < -0.4 is 4.74 Å². The minimum Gasteiger partial charge on any atom is -0.489 e. The first kappa shape index (κ1) is 21.4. The second-order valence-electron chi connectivity index (χ2n) is 7.70. The van der Waals surface area contributed by atoms with Gasteiger partial charge in [-0.1, -0.05) is 29.4 Å². The Balaban J connectivity index is 1.46. The Kier molecular flexibility index (Phi) is 5.81. The Bertz CT molecular complexity index is 1280. The van der Waals surface area contributed by atoms with Gasteiger partial charge in [-0.05, 0) is 52.0 Å². The highest BCUT2D eigenvalue weighted by Crippen LogP contribution is 2.24. The average Bonchev–Trinajstić information content (AvgIpc) is 3.29. The zero-order valence-electron chi connectivity index (χ0n) is 18.4. The molecule has 0 aliphatic heterocycles. The van der Waals surface area contributed by atoms with Gasteiger partial charge in [-0.3, -0.25) is 4.79 Å². The van der Waals surface area contributed by atoms with Crippen molar-refractivity contribution in [2.24, 2.45) is 0 Å². The van der Waals surface area contributed by atoms with Crippen LogP contribution in [0.2, 0.25) is 0 Å². The number of ketones is 1. The maximum absolute atomic E-state index is 13.0. The molecule has 7 nitrogen and oxygen atoms in total. The first-order valence-electron chi connectivity index (χ1n) is 10.3. The number of para-hydroxylation sites is 1. The van der Waals surface area contributed by atoms with Gasteiger partial charge in [-0.2, -0.15) is 0 Å². The Morgan fingerprint density at radius 2 is 1.88 bits per heavy atom. The predicted octanol–water partition coefficient (Wildman–Crippen LogP) is 5.09. The van der Waals surface area contributed by atoms with Crippen molar-refractivity contribution in [1.82, 2.24) is 10.1 Å². The molecule has 0 aliphatic carbocycles. The number of hydrogen-bond acceptors (Lipinski definition) is 6. The van der Waals surface area contributed by atoms with Crippen LogP contribution in [0.5, 0.6) is 5.75 Å². The summed E-state index contributed by atoms with van der Waals surface area (Å²) in [4.78, 5) is 28.9. The molecule has 0 radical (unpaired) electrons. The molecule has 0 aliphatic rings. The lowest BCUT2D eigenvalue weighted by molar-refractivity contribution is 0.0318. The van der Waals surface area contributed by atoms with Gasteiger partial charge in [0.25, 0.3) is 0 Å². The Labute approximate surface area is 185 Å². The van der Waals surface area contributed by atoms with Crippen LogP contribution in [-0.2, 0) is 11.3 Å². The summed E-state index contributed by atoms with van der Waals surface area (Å²) in [5, 5.41) is 4.72. The second kappa shape index (κ2) is 8.70. The molecule has 4 rings (SSSR count). The number of H-pyrrole nitrogens is 1. The van der Waals surface area contributed by atoms with Crippen molar-refractivity contribution >= 4 is 22.7 Å². The van der Waals surface area contributed by atoms with E-state index in [4.69, 9.17) is 14.0 Å². The van der Waals surface area contributed by atoms with Crippen molar-refractivity contribution in [3.05, 3.63) is 82.4 Å². The third-order valence-corrected chi connectivity index (χ3v) is 5.43. The molecule has 0 saturated heterocycles. The second-order valence-corrected chi connectivity index (χ2v) is 7.70. The fraction of sp³-hybridized carbons (Fsp3) is 0.240. The number of fused-ring (bicyclic) bond motifs is 1. The maximum atomic E-state index is 13.0. The summed E-state index contributed by atoms with van der Waals surface area (Å²) in [6.07, 6.45) is -0.938. The van der Waals surface area contributed by atoms with E-state index >= 15 is 0 Å². The standard InChI is InChI=1S/C25H24N2O5/c1-14-21(16(3)32-27-14)13-30-19-9-7-8-18(12-19)25(29)31-17(4)24(28)23-15(2)26-22-11-6-5-10-20(22)23/h5-12,17,26H,13H2,1-4H3/t17-/m0/s1. The predicted molar refractivity (Wildman–Crippen MR) is 119 cm³/mol. The Morgan fingerprint density at radius 1 is 1.09 bits per heavy atom. The normalized spacial score (nSPS) is 12.0. The molecule has 2 aromatic heterocycles. The largest absolute Gasteiger partial charge is 0.489 e. The van der Waals surface area contributed by atoms with Gasteiger partial charge < -0.3 is 19.0 Å². The summed E-state index contributed by atoms with van der Waals surface area (Å²) in [7, 11) is 0. The van der Waals surface area contributed by atoms with Crippen LogP contribution in [0.1, 0.15) is 50.4 Å². The molecule has 7 heteroatoms. The van der Waals surface area contributed by atoms with E-state index in [1.165, 1.54) is 0 Å². The summed E-state index contributed by atoms with van der Waals surface area (Å²) in [6.45, 7) is 7.35. The lowest BCUT2D eigenvalue weighted by Crippen LogP contribution is -2.25. The summed E-state index contributed by atoms with van der Waals surface area (Å²) in [5.74, 6) is 0.356. The zero-order chi connectivity index (χ0) is 22.8. The number of hydrogen-bond donors (Lipinski definition) is 1. The first-order chi connectivity index (χ1) is 15.3. The van der Waals surface area contributed by atoms with Gasteiger partial charge in [0.1, 0.15) is 18.1 Å². The van der Waals surface area contributed by atoms with Gasteiger partial charge in [0.2, 0.25) is 5.78 Å². The van der Waals surface area contributed by atoms with E-state index in [0.717, 1.165) is 27.9 Å². The van der Waals surface area contributed by atoms with Crippen molar-refractivity contribution < 1.29 is 23.6 Å². The number of carbonyl (C=O) groups is 2. The SMILES string of the molecule is Cc1noc(C)c1COc1cccc(C(=O)O[C@@H](C)C(=O)c2c(C)[nH]c3ccccc23)c1. The molecule has 1 atom stereocenters. The van der Waals surface area contributed by atoms with Crippen molar-refractivity contribution in [3.8, 4) is 5.75 Å². The van der Waals surface area contributed by atoms with Crippen LogP contribution >= 0.6 is 0 Å². The number of benzene rings is 2. The molecule has 0 fully saturated rings.